The summed E-state index contributed by atoms with van der Waals surface area (Å²) in [6.07, 6.45) is -3.18. The van der Waals surface area contributed by atoms with Crippen LogP contribution < -0.4 is 15.2 Å². The van der Waals surface area contributed by atoms with Crippen molar-refractivity contribution in [1.82, 2.24) is 9.55 Å². The SMILES string of the molecule is CCCc1c(C(N)=O)nc2n1C[C@@H](COc1ccc(C(C)(C)C(F)(F)F)cc1)O2. The summed E-state index contributed by atoms with van der Waals surface area (Å²) >= 11 is 0. The van der Waals surface area contributed by atoms with Crippen molar-refractivity contribution < 1.29 is 27.4 Å². The van der Waals surface area contributed by atoms with E-state index in [1.165, 1.54) is 24.3 Å². The van der Waals surface area contributed by atoms with Gasteiger partial charge in [-0.3, -0.25) is 9.36 Å². The van der Waals surface area contributed by atoms with Crippen molar-refractivity contribution in [2.75, 3.05) is 6.61 Å². The fourth-order valence-corrected chi connectivity index (χ4v) is 3.23. The number of hydrogen-bond acceptors (Lipinski definition) is 4. The van der Waals surface area contributed by atoms with Crippen molar-refractivity contribution in [3.63, 3.8) is 0 Å². The number of hydrogen-bond donors (Lipinski definition) is 1. The van der Waals surface area contributed by atoms with Crippen LogP contribution in [0.2, 0.25) is 0 Å². The molecular formula is C20H24F3N3O3. The topological polar surface area (TPSA) is 79.4 Å². The number of halogens is 3. The van der Waals surface area contributed by atoms with Gasteiger partial charge in [0, 0.05) is 0 Å². The lowest BCUT2D eigenvalue weighted by Gasteiger charge is -2.28. The van der Waals surface area contributed by atoms with E-state index in [1.54, 1.807) is 0 Å². The number of fused-ring (bicyclic) bond motifs is 1. The number of carbonyl (C=O) groups excluding carboxylic acids is 1. The maximum atomic E-state index is 13.2. The molecule has 158 valence electrons. The first-order valence-electron chi connectivity index (χ1n) is 9.40. The Morgan fingerprint density at radius 3 is 2.52 bits per heavy atom. The number of rotatable bonds is 7. The zero-order valence-corrected chi connectivity index (χ0v) is 16.5. The number of benzene rings is 1. The van der Waals surface area contributed by atoms with Gasteiger partial charge >= 0.3 is 6.18 Å². The largest absolute Gasteiger partial charge is 0.490 e. The van der Waals surface area contributed by atoms with Gasteiger partial charge in [-0.2, -0.15) is 18.2 Å². The first-order chi connectivity index (χ1) is 13.5. The Kier molecular flexibility index (Phi) is 5.51. The maximum absolute atomic E-state index is 13.2. The number of alkyl halides is 3. The summed E-state index contributed by atoms with van der Waals surface area (Å²) in [6.45, 7) is 4.94. The molecule has 2 N–H and O–H groups in total. The Hall–Kier alpha value is -2.71. The number of carbonyl (C=O) groups is 1. The molecule has 1 atom stereocenters. The van der Waals surface area contributed by atoms with E-state index in [1.807, 2.05) is 11.5 Å². The molecule has 0 unspecified atom stereocenters. The Morgan fingerprint density at radius 1 is 1.31 bits per heavy atom. The molecule has 3 rings (SSSR count). The molecule has 2 heterocycles. The monoisotopic (exact) mass is 411 g/mol. The molecular weight excluding hydrogens is 387 g/mol. The number of nitrogens with zero attached hydrogens (tertiary/aromatic N) is 2. The van der Waals surface area contributed by atoms with E-state index in [0.29, 0.717) is 24.7 Å². The van der Waals surface area contributed by atoms with Crippen molar-refractivity contribution in [3.05, 3.63) is 41.2 Å². The van der Waals surface area contributed by atoms with E-state index in [9.17, 15) is 18.0 Å². The predicted molar refractivity (Wildman–Crippen MR) is 100 cm³/mol. The summed E-state index contributed by atoms with van der Waals surface area (Å²) in [5.74, 6) is -0.139. The van der Waals surface area contributed by atoms with Crippen LogP contribution in [0.4, 0.5) is 13.2 Å². The van der Waals surface area contributed by atoms with E-state index in [4.69, 9.17) is 15.2 Å². The molecule has 0 radical (unpaired) electrons. The third-order valence-electron chi connectivity index (χ3n) is 5.14. The first-order valence-corrected chi connectivity index (χ1v) is 9.40. The molecule has 0 saturated heterocycles. The molecule has 1 amide bonds. The fraction of sp³-hybridized carbons (Fsp3) is 0.500. The minimum atomic E-state index is -4.34. The van der Waals surface area contributed by atoms with Crippen molar-refractivity contribution >= 4 is 5.91 Å². The fourth-order valence-electron chi connectivity index (χ4n) is 3.23. The van der Waals surface area contributed by atoms with Gasteiger partial charge in [0.25, 0.3) is 11.9 Å². The summed E-state index contributed by atoms with van der Waals surface area (Å²) < 4.78 is 52.7. The summed E-state index contributed by atoms with van der Waals surface area (Å²) in [5.41, 5.74) is 4.58. The summed E-state index contributed by atoms with van der Waals surface area (Å²) in [6, 6.07) is 6.20. The first kappa shape index (κ1) is 21.0. The van der Waals surface area contributed by atoms with Crippen molar-refractivity contribution in [3.8, 4) is 11.8 Å². The standard InChI is InChI=1S/C20H24F3N3O3/c1-4-5-15-16(17(24)27)25-18-26(15)10-14(29-18)11-28-13-8-6-12(7-9-13)19(2,3)20(21,22)23/h6-9,14H,4-5,10-11H2,1-3H3,(H2,24,27)/t14-/m0/s1. The van der Waals surface area contributed by atoms with Crippen LogP contribution in [-0.2, 0) is 18.4 Å². The van der Waals surface area contributed by atoms with Crippen LogP contribution in [0.25, 0.3) is 0 Å². The highest BCUT2D eigenvalue weighted by Gasteiger charge is 2.48. The average Bonchev–Trinajstić information content (AvgIpc) is 3.18. The van der Waals surface area contributed by atoms with Crippen LogP contribution >= 0.6 is 0 Å². The molecule has 1 aliphatic heterocycles. The van der Waals surface area contributed by atoms with E-state index >= 15 is 0 Å². The summed E-state index contributed by atoms with van der Waals surface area (Å²) in [5, 5.41) is 0. The molecule has 1 aliphatic rings. The minimum absolute atomic E-state index is 0.165. The molecule has 0 spiro atoms. The molecule has 6 nitrogen and oxygen atoms in total. The highest BCUT2D eigenvalue weighted by atomic mass is 19.4. The predicted octanol–water partition coefficient (Wildman–Crippen LogP) is 3.61. The molecule has 2 aromatic rings. The number of imidazole rings is 1. The highest BCUT2D eigenvalue weighted by Crippen LogP contribution is 2.40. The van der Waals surface area contributed by atoms with E-state index in [0.717, 1.165) is 26.0 Å². The van der Waals surface area contributed by atoms with Crippen LogP contribution in [0, 0.1) is 0 Å². The Labute approximate surface area is 166 Å². The van der Waals surface area contributed by atoms with Crippen LogP contribution in [0.3, 0.4) is 0 Å². The van der Waals surface area contributed by atoms with Gasteiger partial charge in [0.1, 0.15) is 12.4 Å². The van der Waals surface area contributed by atoms with E-state index in [2.05, 4.69) is 4.98 Å². The molecule has 0 aliphatic carbocycles. The summed E-state index contributed by atoms with van der Waals surface area (Å²) in [7, 11) is 0. The number of nitrogens with two attached hydrogens (primary N) is 1. The van der Waals surface area contributed by atoms with Gasteiger partial charge < -0.3 is 15.2 Å². The third kappa shape index (κ3) is 4.04. The van der Waals surface area contributed by atoms with Crippen molar-refractivity contribution in [2.45, 2.75) is 57.9 Å². The zero-order valence-electron chi connectivity index (χ0n) is 16.5. The molecule has 0 saturated carbocycles. The van der Waals surface area contributed by atoms with Gasteiger partial charge in [-0.1, -0.05) is 25.5 Å². The quantitative estimate of drug-likeness (QED) is 0.755. The van der Waals surface area contributed by atoms with Gasteiger partial charge in [-0.05, 0) is 38.0 Å². The molecule has 1 aromatic carbocycles. The van der Waals surface area contributed by atoms with Gasteiger partial charge in [0.05, 0.1) is 17.7 Å². The Morgan fingerprint density at radius 2 is 1.97 bits per heavy atom. The lowest BCUT2D eigenvalue weighted by Crippen LogP contribution is -2.36. The molecule has 0 bridgehead atoms. The van der Waals surface area contributed by atoms with E-state index < -0.39 is 17.5 Å². The second-order valence-electron chi connectivity index (χ2n) is 7.61. The average molecular weight is 411 g/mol. The third-order valence-corrected chi connectivity index (χ3v) is 5.14. The van der Waals surface area contributed by atoms with Crippen molar-refractivity contribution in [2.24, 2.45) is 5.73 Å². The second-order valence-corrected chi connectivity index (χ2v) is 7.61. The Bertz CT molecular complexity index is 889. The number of ether oxygens (including phenoxy) is 2. The van der Waals surface area contributed by atoms with Crippen LogP contribution in [0.5, 0.6) is 11.8 Å². The highest BCUT2D eigenvalue weighted by molar-refractivity contribution is 5.92. The lowest BCUT2D eigenvalue weighted by molar-refractivity contribution is -0.180. The summed E-state index contributed by atoms with van der Waals surface area (Å²) in [4.78, 5) is 15.7. The molecule has 29 heavy (non-hydrogen) atoms. The van der Waals surface area contributed by atoms with Gasteiger partial charge in [-0.15, -0.1) is 0 Å². The minimum Gasteiger partial charge on any atom is -0.490 e. The van der Waals surface area contributed by atoms with Crippen LogP contribution in [0.1, 0.15) is 48.9 Å². The molecule has 9 heteroatoms. The maximum Gasteiger partial charge on any atom is 0.397 e. The Balaban J connectivity index is 1.63. The molecule has 1 aromatic heterocycles. The van der Waals surface area contributed by atoms with Gasteiger partial charge in [-0.25, -0.2) is 0 Å². The number of aromatic nitrogens is 2. The van der Waals surface area contributed by atoms with Gasteiger partial charge in [0.2, 0.25) is 0 Å². The van der Waals surface area contributed by atoms with Crippen LogP contribution in [0.15, 0.2) is 24.3 Å². The van der Waals surface area contributed by atoms with E-state index in [-0.39, 0.29) is 24.0 Å². The van der Waals surface area contributed by atoms with Crippen molar-refractivity contribution in [1.29, 1.82) is 0 Å². The van der Waals surface area contributed by atoms with Gasteiger partial charge in [0.15, 0.2) is 11.8 Å². The number of amides is 1. The second kappa shape index (κ2) is 7.61. The molecule has 0 fully saturated rings. The number of primary amides is 1. The zero-order chi connectivity index (χ0) is 21.4. The normalized spacial score (nSPS) is 16.4. The lowest BCUT2D eigenvalue weighted by atomic mass is 9.84. The van der Waals surface area contributed by atoms with Crippen LogP contribution in [-0.4, -0.2) is 34.3 Å². The smallest absolute Gasteiger partial charge is 0.397 e.